The summed E-state index contributed by atoms with van der Waals surface area (Å²) in [5.41, 5.74) is 24.3. The van der Waals surface area contributed by atoms with Gasteiger partial charge in [0.2, 0.25) is 0 Å². The van der Waals surface area contributed by atoms with Gasteiger partial charge in [0.15, 0.2) is 0 Å². The normalized spacial score (nSPS) is 20.2. The van der Waals surface area contributed by atoms with Gasteiger partial charge in [-0.05, 0) is 171 Å². The second-order valence-electron chi connectivity index (χ2n) is 37.6. The van der Waals surface area contributed by atoms with E-state index in [4.69, 9.17) is 39.4 Å². The van der Waals surface area contributed by atoms with Crippen molar-refractivity contribution in [3.63, 3.8) is 0 Å². The maximum atomic E-state index is 15.1. The van der Waals surface area contributed by atoms with Crippen LogP contribution in [0.3, 0.4) is 0 Å². The molecule has 16 bridgehead atoms. The summed E-state index contributed by atoms with van der Waals surface area (Å²) in [5, 5.41) is 38.9. The lowest BCUT2D eigenvalue weighted by molar-refractivity contribution is -0.145. The number of hydrogen-bond acceptors (Lipinski definition) is 16. The summed E-state index contributed by atoms with van der Waals surface area (Å²) in [6, 6.07) is 11.0. The molecule has 10 aliphatic heterocycles. The largest absolute Gasteiger partial charge is 0.511 e. The van der Waals surface area contributed by atoms with Crippen LogP contribution in [0.2, 0.25) is 0 Å². The van der Waals surface area contributed by atoms with Crippen LogP contribution in [0.25, 0.3) is 10.8 Å². The Morgan fingerprint density at radius 3 is 1.04 bits per heavy atom. The lowest BCUT2D eigenvalue weighted by atomic mass is 9.86. The van der Waals surface area contributed by atoms with Crippen LogP contribution in [0, 0.1) is 23.7 Å². The summed E-state index contributed by atoms with van der Waals surface area (Å²) in [7, 11) is 0. The lowest BCUT2D eigenvalue weighted by Crippen LogP contribution is -2.27. The maximum absolute atomic E-state index is 15.1. The molecule has 0 spiro atoms. The second kappa shape index (κ2) is 45.3. The van der Waals surface area contributed by atoms with Gasteiger partial charge < -0.3 is 41.0 Å². The van der Waals surface area contributed by atoms with Gasteiger partial charge in [0.25, 0.3) is 11.8 Å². The van der Waals surface area contributed by atoms with E-state index < -0.39 is 0 Å². The van der Waals surface area contributed by atoms with Gasteiger partial charge in [-0.1, -0.05) is 258 Å². The number of aliphatic hydroxyl groups is 2. The fraction of sp³-hybridized carbons (Fsp3) is 0.527. The Morgan fingerprint density at radius 2 is 0.703 bits per heavy atom. The van der Waals surface area contributed by atoms with Crippen LogP contribution >= 0.6 is 0 Å². The van der Waals surface area contributed by atoms with Crippen LogP contribution in [-0.2, 0) is 19.1 Å². The van der Waals surface area contributed by atoms with Crippen LogP contribution in [0.4, 0.5) is 0 Å². The summed E-state index contributed by atoms with van der Waals surface area (Å²) in [6.07, 6.45) is 60.9. The van der Waals surface area contributed by atoms with Gasteiger partial charge in [-0.3, -0.25) is 19.2 Å². The topological polar surface area (TPSA) is 249 Å². The first-order valence-corrected chi connectivity index (χ1v) is 49.7. The maximum Gasteiger partial charge on any atom is 0.305 e. The van der Waals surface area contributed by atoms with Crippen molar-refractivity contribution in [2.45, 2.75) is 326 Å². The molecule has 2 amide bonds. The minimum atomic E-state index is -0.318. The molecule has 18 nitrogen and oxygen atoms in total. The lowest BCUT2D eigenvalue weighted by Gasteiger charge is -2.17. The zero-order chi connectivity index (χ0) is 89.7. The van der Waals surface area contributed by atoms with E-state index in [-0.39, 0.29) is 84.9 Å². The number of aliphatic hydroxyl groups excluding tert-OH is 2. The van der Waals surface area contributed by atoms with Gasteiger partial charge in [0.1, 0.15) is 11.5 Å². The third-order valence-electron chi connectivity index (χ3n) is 28.7. The van der Waals surface area contributed by atoms with Crippen molar-refractivity contribution in [2.24, 2.45) is 53.6 Å². The van der Waals surface area contributed by atoms with Crippen molar-refractivity contribution in [3.05, 3.63) is 231 Å². The number of unbranched alkanes of at least 4 members (excludes halogenated alkanes) is 30. The van der Waals surface area contributed by atoms with Crippen molar-refractivity contribution in [3.8, 4) is 0 Å². The van der Waals surface area contributed by atoms with Crippen molar-refractivity contribution in [2.75, 3.05) is 26.3 Å². The van der Waals surface area contributed by atoms with Crippen LogP contribution in [-0.4, -0.2) is 94.5 Å². The number of nitrogens with zero attached hydrogens (tertiary/aromatic N) is 6. The molecule has 2 aliphatic carbocycles. The SMILES string of the molecule is CCCCCCCCCCCCCCCCCCOC(=O)CC[C@@H]1C2=C3CC(O)=C4C=C(C=C5N=C(C=C6N=C(C=C(N2)[C@H]1C)C(C)=C6CNC(=O)c1cccc2c(C(=O)NCC6=C(C)C7=NC6=CC6=NC(=CC8=CC9=C(O)CC(=C%10NC(=C7)[C@@H](C)[C@@H]%10CCC(=O)OCCCCCCCCCCCCCCCCCC)C9=N8)C(CC)=C6C)cccc12)C(C)=C5CC)N=C43. The third-order valence-corrected chi connectivity index (χ3v) is 28.7. The van der Waals surface area contributed by atoms with E-state index in [9.17, 15) is 19.8 Å². The fourth-order valence-electron chi connectivity index (χ4n) is 20.8. The molecule has 2 aromatic carbocycles. The number of aliphatic imine (C=N–C) groups is 6. The average Bonchev–Trinajstić information content (AvgIpc) is 1.59. The Balaban J connectivity index is 0.640. The molecule has 14 rings (SSSR count). The monoisotopic (exact) mass is 1730 g/mol. The molecule has 0 aromatic heterocycles. The third kappa shape index (κ3) is 22.5. The van der Waals surface area contributed by atoms with Crippen molar-refractivity contribution >= 4 is 68.8 Å². The van der Waals surface area contributed by atoms with Gasteiger partial charge in [-0.15, -0.1) is 0 Å². The van der Waals surface area contributed by atoms with E-state index in [1.54, 1.807) is 12.1 Å². The van der Waals surface area contributed by atoms with Crippen LogP contribution < -0.4 is 21.3 Å². The molecule has 128 heavy (non-hydrogen) atoms. The first-order chi connectivity index (χ1) is 62.3. The Kier molecular flexibility index (Phi) is 33.2. The zero-order valence-corrected chi connectivity index (χ0v) is 78.5. The van der Waals surface area contributed by atoms with Crippen LogP contribution in [0.15, 0.2) is 250 Å². The molecule has 4 atom stereocenters. The molecular formula is C110H142N10O8. The minimum Gasteiger partial charge on any atom is -0.511 e. The summed E-state index contributed by atoms with van der Waals surface area (Å²) < 4.78 is 11.8. The summed E-state index contributed by atoms with van der Waals surface area (Å²) in [6.45, 7) is 22.6. The average molecular weight is 1730 g/mol. The summed E-state index contributed by atoms with van der Waals surface area (Å²) >= 11 is 0. The molecule has 0 unspecified atom stereocenters. The number of esters is 2. The first-order valence-electron chi connectivity index (χ1n) is 49.7. The van der Waals surface area contributed by atoms with Crippen molar-refractivity contribution in [1.82, 2.24) is 21.3 Å². The smallest absolute Gasteiger partial charge is 0.305 e. The van der Waals surface area contributed by atoms with E-state index in [0.717, 1.165) is 176 Å². The van der Waals surface area contributed by atoms with Gasteiger partial charge >= 0.3 is 11.9 Å². The van der Waals surface area contributed by atoms with Gasteiger partial charge in [0.05, 0.1) is 81.7 Å². The molecule has 0 radical (unpaired) electrons. The number of carbonyl (C=O) groups excluding carboxylic acids is 4. The minimum absolute atomic E-state index is 0.0792. The number of carbonyl (C=O) groups is 4. The summed E-state index contributed by atoms with van der Waals surface area (Å²) in [4.78, 5) is 89.2. The molecule has 6 N–H and O–H groups in total. The molecule has 10 heterocycles. The van der Waals surface area contributed by atoms with Crippen LogP contribution in [0.5, 0.6) is 0 Å². The molecule has 2 fully saturated rings. The molecule has 12 aliphatic rings. The molecular weight excluding hydrogens is 1590 g/mol. The molecule has 0 saturated carbocycles. The predicted octanol–water partition coefficient (Wildman–Crippen LogP) is 26.0. The highest BCUT2D eigenvalue weighted by molar-refractivity contribution is 6.22. The number of fused-ring (bicyclic) bond motifs is 11. The van der Waals surface area contributed by atoms with Gasteiger partial charge in [-0.25, -0.2) is 30.0 Å². The Morgan fingerprint density at radius 1 is 0.391 bits per heavy atom. The number of allylic oxidation sites excluding steroid dienone is 22. The second-order valence-corrected chi connectivity index (χ2v) is 37.6. The molecule has 2 saturated heterocycles. The highest BCUT2D eigenvalue weighted by Gasteiger charge is 2.43. The number of amides is 2. The quantitative estimate of drug-likeness (QED) is 0.0270. The Bertz CT molecular complexity index is 5040. The van der Waals surface area contributed by atoms with Gasteiger partial charge in [0, 0.05) is 130 Å². The molecule has 2 aromatic rings. The first kappa shape index (κ1) is 93.8. The number of ether oxygens (including phenoxy) is 2. The number of rotatable bonds is 48. The van der Waals surface area contributed by atoms with Crippen molar-refractivity contribution < 1.29 is 38.9 Å². The number of nitrogens with one attached hydrogen (secondary N) is 4. The Labute approximate surface area is 762 Å². The van der Waals surface area contributed by atoms with Crippen molar-refractivity contribution in [1.29, 1.82) is 0 Å². The van der Waals surface area contributed by atoms with E-state index >= 15 is 9.59 Å². The fourth-order valence-corrected chi connectivity index (χ4v) is 20.8. The Hall–Kier alpha value is -10.4. The predicted molar refractivity (Wildman–Crippen MR) is 523 cm³/mol. The van der Waals surface area contributed by atoms with E-state index in [1.165, 1.54) is 167 Å². The molecule has 680 valence electrons. The van der Waals surface area contributed by atoms with E-state index in [1.807, 2.05) is 74.6 Å². The highest BCUT2D eigenvalue weighted by Crippen LogP contribution is 2.48. The van der Waals surface area contributed by atoms with E-state index in [0.29, 0.717) is 94.7 Å². The molecule has 18 heteroatoms. The summed E-state index contributed by atoms with van der Waals surface area (Å²) in [5.74, 6) is -0.908. The standard InChI is InChI=1S/C110H142N10O8/c1-11-15-17-19-21-23-25-27-29-31-33-35-37-39-41-43-55-127-103(123)53-51-79-71(7)95-63-91-73(9)89(99(117-91)65-93-69(5)77(13-3)97(115-93)59-75-57-85-101(121)61-87(105(79)119-95)107(85)113-75)67-111-109(125)83-49-45-48-82-81(83)47-46-50-84(82)110(126)112-68-90-74(10)92-64-96-72(8)80(52-54-104(124)128-56-44-42-40-38-36-34-32-30-28-26-24-22-20-18-16-12-2)106(120-96)88-62-102(122)86-58-76(114-108(86)88)60-98-78(14-4)70(6)94(116-98)66-100(90)118-92/h45-50,57-60,63-66,71-72,79-80,119-122H,11-44,51-56,61-62,67-68H2,1-10H3,(H,111,125)(H,112,126)/t71-,72-,79-,80-/m0/s1. The van der Waals surface area contributed by atoms with Gasteiger partial charge in [-0.2, -0.15) is 0 Å². The number of benzene rings is 2. The number of hydrogen-bond donors (Lipinski definition) is 6. The zero-order valence-electron chi connectivity index (χ0n) is 78.5. The highest BCUT2D eigenvalue weighted by atomic mass is 16.5. The van der Waals surface area contributed by atoms with Crippen LogP contribution in [0.1, 0.15) is 347 Å². The van der Waals surface area contributed by atoms with E-state index in [2.05, 4.69) is 88.8 Å².